The number of hydrogen-bond donors (Lipinski definition) is 3. The summed E-state index contributed by atoms with van der Waals surface area (Å²) in [6.45, 7) is 2.00. The van der Waals surface area contributed by atoms with Crippen molar-refractivity contribution in [1.29, 1.82) is 0 Å². The summed E-state index contributed by atoms with van der Waals surface area (Å²) in [5, 5.41) is 15.4. The molecule has 0 aliphatic carbocycles. The van der Waals surface area contributed by atoms with Crippen LogP contribution in [0.1, 0.15) is 15.9 Å². The molecule has 0 bridgehead atoms. The number of hydrogen-bond acceptors (Lipinski definition) is 5. The van der Waals surface area contributed by atoms with Gasteiger partial charge in [0, 0.05) is 16.4 Å². The Bertz CT molecular complexity index is 930. The monoisotopic (exact) mass is 398 g/mol. The van der Waals surface area contributed by atoms with Crippen molar-refractivity contribution in [1.82, 2.24) is 9.97 Å². The zero-order valence-corrected chi connectivity index (χ0v) is 14.9. The Balaban J connectivity index is 1.82. The highest BCUT2D eigenvalue weighted by molar-refractivity contribution is 9.10. The highest BCUT2D eigenvalue weighted by Crippen LogP contribution is 2.23. The predicted molar refractivity (Wildman–Crippen MR) is 101 cm³/mol. The molecule has 2 aromatic carbocycles. The van der Waals surface area contributed by atoms with E-state index in [2.05, 4.69) is 36.5 Å². The zero-order chi connectivity index (χ0) is 17.8. The number of carboxylic acid groups (broad SMARTS) is 1. The van der Waals surface area contributed by atoms with E-state index < -0.39 is 5.97 Å². The van der Waals surface area contributed by atoms with Crippen molar-refractivity contribution in [3.05, 3.63) is 70.3 Å². The van der Waals surface area contributed by atoms with Crippen LogP contribution < -0.4 is 10.6 Å². The van der Waals surface area contributed by atoms with Gasteiger partial charge in [0.15, 0.2) is 0 Å². The van der Waals surface area contributed by atoms with E-state index in [1.807, 2.05) is 25.1 Å². The minimum Gasteiger partial charge on any atom is -0.478 e. The summed E-state index contributed by atoms with van der Waals surface area (Å²) >= 11 is 3.46. The molecule has 0 radical (unpaired) electrons. The van der Waals surface area contributed by atoms with Gasteiger partial charge in [0.05, 0.1) is 11.3 Å². The molecule has 0 amide bonds. The molecule has 0 unspecified atom stereocenters. The lowest BCUT2D eigenvalue weighted by Gasteiger charge is -2.11. The number of aromatic nitrogens is 2. The first-order valence-electron chi connectivity index (χ1n) is 7.48. The maximum Gasteiger partial charge on any atom is 0.337 e. The molecule has 0 saturated heterocycles. The predicted octanol–water partition coefficient (Wildman–Crippen LogP) is 4.73. The summed E-state index contributed by atoms with van der Waals surface area (Å²) in [6.07, 6.45) is 1.60. The molecule has 7 heteroatoms. The highest BCUT2D eigenvalue weighted by atomic mass is 79.9. The fraction of sp³-hybridized carbons (Fsp3) is 0.0556. The summed E-state index contributed by atoms with van der Waals surface area (Å²) in [6, 6.07) is 14.2. The second kappa shape index (κ2) is 7.31. The molecule has 25 heavy (non-hydrogen) atoms. The Labute approximate surface area is 153 Å². The second-order valence-corrected chi connectivity index (χ2v) is 6.18. The van der Waals surface area contributed by atoms with Gasteiger partial charge in [-0.25, -0.2) is 9.78 Å². The number of nitrogens with one attached hydrogen (secondary N) is 2. The van der Waals surface area contributed by atoms with E-state index in [1.54, 1.807) is 30.5 Å². The van der Waals surface area contributed by atoms with Crippen LogP contribution >= 0.6 is 15.9 Å². The smallest absolute Gasteiger partial charge is 0.337 e. The van der Waals surface area contributed by atoms with Crippen molar-refractivity contribution in [2.75, 3.05) is 10.6 Å². The molecule has 126 valence electrons. The van der Waals surface area contributed by atoms with E-state index >= 15 is 0 Å². The number of carbonyl (C=O) groups is 1. The van der Waals surface area contributed by atoms with Crippen molar-refractivity contribution in [2.24, 2.45) is 0 Å². The average Bonchev–Trinajstić information content (AvgIpc) is 2.59. The lowest BCUT2D eigenvalue weighted by Crippen LogP contribution is -2.04. The first-order valence-corrected chi connectivity index (χ1v) is 8.28. The fourth-order valence-corrected chi connectivity index (χ4v) is 2.50. The van der Waals surface area contributed by atoms with Crippen LogP contribution in [0.4, 0.5) is 23.1 Å². The van der Waals surface area contributed by atoms with Crippen LogP contribution in [0.25, 0.3) is 0 Å². The topological polar surface area (TPSA) is 87.1 Å². The van der Waals surface area contributed by atoms with Crippen molar-refractivity contribution in [2.45, 2.75) is 6.92 Å². The summed E-state index contributed by atoms with van der Waals surface area (Å²) in [5.74, 6) is -0.0830. The molecular formula is C18H15BrN4O2. The number of aromatic carboxylic acids is 1. The van der Waals surface area contributed by atoms with Crippen LogP contribution in [0.15, 0.2) is 59.2 Å². The molecule has 6 nitrogen and oxygen atoms in total. The van der Waals surface area contributed by atoms with E-state index in [1.165, 1.54) is 6.07 Å². The first-order chi connectivity index (χ1) is 12.0. The van der Waals surface area contributed by atoms with Gasteiger partial charge in [-0.2, -0.15) is 4.98 Å². The molecule has 1 heterocycles. The molecule has 1 aromatic heterocycles. The van der Waals surface area contributed by atoms with E-state index in [-0.39, 0.29) is 5.56 Å². The minimum atomic E-state index is -0.999. The SMILES string of the molecule is Cc1cc(Nc2nccc(Nc3ccccc3C(=O)O)n2)ccc1Br. The number of aryl methyl sites for hydroxylation is 1. The average molecular weight is 399 g/mol. The third-order valence-corrected chi connectivity index (χ3v) is 4.38. The fourth-order valence-electron chi connectivity index (χ4n) is 2.26. The Morgan fingerprint density at radius 3 is 2.68 bits per heavy atom. The number of para-hydroxylation sites is 1. The van der Waals surface area contributed by atoms with E-state index in [0.29, 0.717) is 17.5 Å². The normalized spacial score (nSPS) is 10.3. The van der Waals surface area contributed by atoms with Gasteiger partial charge in [-0.3, -0.25) is 0 Å². The van der Waals surface area contributed by atoms with Gasteiger partial charge < -0.3 is 15.7 Å². The van der Waals surface area contributed by atoms with Crippen molar-refractivity contribution in [3.8, 4) is 0 Å². The third-order valence-electron chi connectivity index (χ3n) is 3.49. The van der Waals surface area contributed by atoms with Crippen LogP contribution in [-0.2, 0) is 0 Å². The summed E-state index contributed by atoms with van der Waals surface area (Å²) in [5.41, 5.74) is 2.61. The van der Waals surface area contributed by atoms with Crippen molar-refractivity contribution < 1.29 is 9.90 Å². The quantitative estimate of drug-likeness (QED) is 0.575. The maximum absolute atomic E-state index is 11.3. The molecule has 3 rings (SSSR count). The molecular weight excluding hydrogens is 384 g/mol. The van der Waals surface area contributed by atoms with E-state index in [9.17, 15) is 9.90 Å². The molecule has 0 fully saturated rings. The second-order valence-electron chi connectivity index (χ2n) is 5.33. The number of benzene rings is 2. The van der Waals surface area contributed by atoms with Gasteiger partial charge in [0.2, 0.25) is 5.95 Å². The Kier molecular flexibility index (Phi) is 4.95. The van der Waals surface area contributed by atoms with Gasteiger partial charge in [0.1, 0.15) is 5.82 Å². The van der Waals surface area contributed by atoms with Gasteiger partial charge in [0.25, 0.3) is 0 Å². The molecule has 0 atom stereocenters. The summed E-state index contributed by atoms with van der Waals surface area (Å²) in [7, 11) is 0. The van der Waals surface area contributed by atoms with Crippen LogP contribution in [0.5, 0.6) is 0 Å². The number of halogens is 1. The first kappa shape index (κ1) is 16.9. The zero-order valence-electron chi connectivity index (χ0n) is 13.3. The molecule has 3 aromatic rings. The molecule has 0 spiro atoms. The third kappa shape index (κ3) is 4.13. The van der Waals surface area contributed by atoms with Crippen LogP contribution in [0, 0.1) is 6.92 Å². The molecule has 0 saturated carbocycles. The Morgan fingerprint density at radius 1 is 1.12 bits per heavy atom. The number of anilines is 4. The summed E-state index contributed by atoms with van der Waals surface area (Å²) < 4.78 is 1.03. The van der Waals surface area contributed by atoms with Crippen LogP contribution in [0.3, 0.4) is 0 Å². The van der Waals surface area contributed by atoms with Crippen molar-refractivity contribution in [3.63, 3.8) is 0 Å². The molecule has 0 aliphatic heterocycles. The van der Waals surface area contributed by atoms with Gasteiger partial charge in [-0.1, -0.05) is 28.1 Å². The lowest BCUT2D eigenvalue weighted by atomic mass is 10.2. The maximum atomic E-state index is 11.3. The number of nitrogens with zero attached hydrogens (tertiary/aromatic N) is 2. The van der Waals surface area contributed by atoms with E-state index in [4.69, 9.17) is 0 Å². The number of carboxylic acids is 1. The largest absolute Gasteiger partial charge is 0.478 e. The Hall–Kier alpha value is -2.93. The summed E-state index contributed by atoms with van der Waals surface area (Å²) in [4.78, 5) is 19.9. The van der Waals surface area contributed by atoms with Gasteiger partial charge in [-0.05, 0) is 48.9 Å². The van der Waals surface area contributed by atoms with Gasteiger partial charge >= 0.3 is 5.97 Å². The van der Waals surface area contributed by atoms with Crippen molar-refractivity contribution >= 4 is 45.0 Å². The lowest BCUT2D eigenvalue weighted by molar-refractivity contribution is 0.0698. The molecule has 0 aliphatic rings. The number of rotatable bonds is 5. The van der Waals surface area contributed by atoms with Gasteiger partial charge in [-0.15, -0.1) is 0 Å². The minimum absolute atomic E-state index is 0.180. The van der Waals surface area contributed by atoms with E-state index in [0.717, 1.165) is 15.7 Å². The highest BCUT2D eigenvalue weighted by Gasteiger charge is 2.10. The Morgan fingerprint density at radius 2 is 1.92 bits per heavy atom. The standard InChI is InChI=1S/C18H15BrN4O2/c1-11-10-12(6-7-14(11)19)21-18-20-9-8-16(23-18)22-15-5-3-2-4-13(15)17(24)25/h2-10H,1H3,(H,24,25)(H2,20,21,22,23). The van der Waals surface area contributed by atoms with Crippen LogP contribution in [0.2, 0.25) is 0 Å². The molecule has 3 N–H and O–H groups in total. The van der Waals surface area contributed by atoms with Crippen LogP contribution in [-0.4, -0.2) is 21.0 Å².